The van der Waals surface area contributed by atoms with Gasteiger partial charge in [-0.05, 0) is 43.3 Å². The lowest BCUT2D eigenvalue weighted by molar-refractivity contribution is -0.137. The zero-order chi connectivity index (χ0) is 23.0. The van der Waals surface area contributed by atoms with Crippen molar-refractivity contribution in [1.29, 1.82) is 0 Å². The van der Waals surface area contributed by atoms with Crippen LogP contribution in [-0.2, 0) is 15.8 Å². The molecule has 32 heavy (non-hydrogen) atoms. The Bertz CT molecular complexity index is 1190. The fourth-order valence-corrected chi connectivity index (χ4v) is 3.62. The fourth-order valence-electron chi connectivity index (χ4n) is 3.62. The van der Waals surface area contributed by atoms with E-state index in [0.29, 0.717) is 22.8 Å². The monoisotopic (exact) mass is 444 g/mol. The summed E-state index contributed by atoms with van der Waals surface area (Å²) in [7, 11) is 1.55. The predicted octanol–water partition coefficient (Wildman–Crippen LogP) is 4.41. The van der Waals surface area contributed by atoms with Crippen LogP contribution in [0.3, 0.4) is 0 Å². The van der Waals surface area contributed by atoms with E-state index in [4.69, 9.17) is 4.74 Å². The Kier molecular flexibility index (Phi) is 5.37. The van der Waals surface area contributed by atoms with Gasteiger partial charge in [0.2, 0.25) is 11.8 Å². The molecule has 1 aliphatic rings. The quantitative estimate of drug-likeness (QED) is 0.624. The number of methoxy groups -OCH3 is 1. The molecular weight excluding hydrogens is 425 g/mol. The number of carbonyl (C=O) groups excluding carboxylic acids is 2. The number of halogens is 3. The summed E-state index contributed by atoms with van der Waals surface area (Å²) in [6.45, 7) is 1.75. The van der Waals surface area contributed by atoms with Gasteiger partial charge in [-0.25, -0.2) is 4.68 Å². The molecule has 2 heterocycles. The van der Waals surface area contributed by atoms with Gasteiger partial charge in [0.15, 0.2) is 0 Å². The average molecular weight is 444 g/mol. The molecule has 4 rings (SSSR count). The standard InChI is InChI=1S/C22H19F3N4O3/c1-12-19(13-7-9-14(32-2)10-8-13)28-29-17(11-18(30)27-20(12)29)21(31)26-16-6-4-3-5-15(16)22(23,24)25/h3-10,17H,11H2,1-2H3,(H,26,31)(H,27,30)/t17-/m0/s1. The summed E-state index contributed by atoms with van der Waals surface area (Å²) in [6, 6.07) is 10.7. The number of para-hydroxylation sites is 1. The summed E-state index contributed by atoms with van der Waals surface area (Å²) in [5.41, 5.74) is 0.567. The van der Waals surface area contributed by atoms with Crippen LogP contribution in [0, 0.1) is 6.92 Å². The van der Waals surface area contributed by atoms with Crippen LogP contribution in [0.15, 0.2) is 48.5 Å². The third-order valence-electron chi connectivity index (χ3n) is 5.24. The maximum atomic E-state index is 13.3. The first kappa shape index (κ1) is 21.4. The zero-order valence-electron chi connectivity index (χ0n) is 17.2. The lowest BCUT2D eigenvalue weighted by atomic mass is 10.1. The van der Waals surface area contributed by atoms with Gasteiger partial charge in [0.25, 0.3) is 0 Å². The van der Waals surface area contributed by atoms with Gasteiger partial charge in [0, 0.05) is 11.1 Å². The average Bonchev–Trinajstić information content (AvgIpc) is 3.09. The van der Waals surface area contributed by atoms with Crippen molar-refractivity contribution in [1.82, 2.24) is 9.78 Å². The maximum Gasteiger partial charge on any atom is 0.418 e. The van der Waals surface area contributed by atoms with Crippen molar-refractivity contribution in [3.05, 3.63) is 59.7 Å². The van der Waals surface area contributed by atoms with Crippen molar-refractivity contribution in [2.75, 3.05) is 17.7 Å². The number of hydrogen-bond acceptors (Lipinski definition) is 4. The highest BCUT2D eigenvalue weighted by atomic mass is 19.4. The highest BCUT2D eigenvalue weighted by molar-refractivity contribution is 6.02. The Morgan fingerprint density at radius 1 is 1.19 bits per heavy atom. The third kappa shape index (κ3) is 3.91. The van der Waals surface area contributed by atoms with Gasteiger partial charge in [0.05, 0.1) is 30.5 Å². The number of anilines is 2. The molecular formula is C22H19F3N4O3. The summed E-state index contributed by atoms with van der Waals surface area (Å²) < 4.78 is 46.4. The summed E-state index contributed by atoms with van der Waals surface area (Å²) >= 11 is 0. The minimum Gasteiger partial charge on any atom is -0.497 e. The van der Waals surface area contributed by atoms with Crippen LogP contribution in [0.4, 0.5) is 24.7 Å². The van der Waals surface area contributed by atoms with Crippen molar-refractivity contribution in [2.45, 2.75) is 25.6 Å². The fraction of sp³-hybridized carbons (Fsp3) is 0.227. The molecule has 0 fully saturated rings. The van der Waals surface area contributed by atoms with E-state index in [9.17, 15) is 22.8 Å². The van der Waals surface area contributed by atoms with Crippen LogP contribution in [0.1, 0.15) is 23.6 Å². The van der Waals surface area contributed by atoms with Gasteiger partial charge in [-0.3, -0.25) is 9.59 Å². The lowest BCUT2D eigenvalue weighted by Crippen LogP contribution is -2.36. The predicted molar refractivity (Wildman–Crippen MR) is 111 cm³/mol. The molecule has 0 saturated heterocycles. The number of aromatic nitrogens is 2. The number of alkyl halides is 3. The van der Waals surface area contributed by atoms with Crippen molar-refractivity contribution in [2.24, 2.45) is 0 Å². The van der Waals surface area contributed by atoms with Crippen LogP contribution in [0.2, 0.25) is 0 Å². The minimum absolute atomic E-state index is 0.254. The second kappa shape index (κ2) is 8.03. The molecule has 0 radical (unpaired) electrons. The maximum absolute atomic E-state index is 13.3. The van der Waals surface area contributed by atoms with Gasteiger partial charge in [0.1, 0.15) is 17.6 Å². The van der Waals surface area contributed by atoms with Crippen molar-refractivity contribution < 1.29 is 27.5 Å². The molecule has 10 heteroatoms. The largest absolute Gasteiger partial charge is 0.497 e. The smallest absolute Gasteiger partial charge is 0.418 e. The SMILES string of the molecule is COc1ccc(-c2nn3c(c2C)NC(=O)C[C@H]3C(=O)Nc2ccccc2C(F)(F)F)cc1. The van der Waals surface area contributed by atoms with Crippen LogP contribution in [0.25, 0.3) is 11.3 Å². The van der Waals surface area contributed by atoms with Crippen LogP contribution >= 0.6 is 0 Å². The molecule has 166 valence electrons. The van der Waals surface area contributed by atoms with Crippen LogP contribution < -0.4 is 15.4 Å². The second-order valence-corrected chi connectivity index (χ2v) is 7.30. The number of carbonyl (C=O) groups is 2. The lowest BCUT2D eigenvalue weighted by Gasteiger charge is -2.24. The number of nitrogens with one attached hydrogen (secondary N) is 2. The molecule has 0 spiro atoms. The molecule has 0 aliphatic carbocycles. The normalized spacial score (nSPS) is 15.7. The molecule has 1 atom stereocenters. The highest BCUT2D eigenvalue weighted by Crippen LogP contribution is 2.37. The van der Waals surface area contributed by atoms with Gasteiger partial charge in [-0.1, -0.05) is 12.1 Å². The number of ether oxygens (including phenoxy) is 1. The first-order valence-electron chi connectivity index (χ1n) is 9.69. The number of nitrogens with zero attached hydrogens (tertiary/aromatic N) is 2. The number of benzene rings is 2. The summed E-state index contributed by atoms with van der Waals surface area (Å²) in [5, 5.41) is 9.52. The molecule has 7 nitrogen and oxygen atoms in total. The van der Waals surface area contributed by atoms with Crippen LogP contribution in [-0.4, -0.2) is 28.7 Å². The molecule has 1 aliphatic heterocycles. The van der Waals surface area contributed by atoms with Crippen LogP contribution in [0.5, 0.6) is 5.75 Å². The molecule has 3 aromatic rings. The Labute approximate surface area is 181 Å². The first-order valence-corrected chi connectivity index (χ1v) is 9.69. The first-order chi connectivity index (χ1) is 15.2. The Morgan fingerprint density at radius 2 is 1.88 bits per heavy atom. The zero-order valence-corrected chi connectivity index (χ0v) is 17.2. The molecule has 0 unspecified atom stereocenters. The van der Waals surface area contributed by atoms with E-state index in [2.05, 4.69) is 15.7 Å². The molecule has 2 aromatic carbocycles. The third-order valence-corrected chi connectivity index (χ3v) is 5.24. The number of amides is 2. The van der Waals surface area contributed by atoms with Gasteiger partial charge in [-0.15, -0.1) is 0 Å². The Morgan fingerprint density at radius 3 is 2.53 bits per heavy atom. The summed E-state index contributed by atoms with van der Waals surface area (Å²) in [5.74, 6) is -0.201. The van der Waals surface area contributed by atoms with E-state index >= 15 is 0 Å². The van der Waals surface area contributed by atoms with E-state index < -0.39 is 29.6 Å². The van der Waals surface area contributed by atoms with Crippen molar-refractivity contribution >= 4 is 23.3 Å². The van der Waals surface area contributed by atoms with Gasteiger partial charge >= 0.3 is 6.18 Å². The van der Waals surface area contributed by atoms with E-state index in [1.807, 2.05) is 0 Å². The summed E-state index contributed by atoms with van der Waals surface area (Å²) in [6.07, 6.45) is -4.89. The summed E-state index contributed by atoms with van der Waals surface area (Å²) in [4.78, 5) is 25.2. The second-order valence-electron chi connectivity index (χ2n) is 7.30. The Hall–Kier alpha value is -3.82. The molecule has 0 bridgehead atoms. The molecule has 1 aromatic heterocycles. The minimum atomic E-state index is -4.64. The number of fused-ring (bicyclic) bond motifs is 1. The van der Waals surface area contributed by atoms with E-state index in [1.54, 1.807) is 38.3 Å². The van der Waals surface area contributed by atoms with Gasteiger partial charge in [-0.2, -0.15) is 18.3 Å². The highest BCUT2D eigenvalue weighted by Gasteiger charge is 2.37. The van der Waals surface area contributed by atoms with E-state index in [-0.39, 0.29) is 12.1 Å². The van der Waals surface area contributed by atoms with Gasteiger partial charge < -0.3 is 15.4 Å². The molecule has 2 amide bonds. The van der Waals surface area contributed by atoms with E-state index in [0.717, 1.165) is 11.6 Å². The number of hydrogen-bond donors (Lipinski definition) is 2. The molecule has 0 saturated carbocycles. The van der Waals surface area contributed by atoms with Crippen molar-refractivity contribution in [3.63, 3.8) is 0 Å². The Balaban J connectivity index is 1.69. The van der Waals surface area contributed by atoms with Crippen molar-refractivity contribution in [3.8, 4) is 17.0 Å². The van der Waals surface area contributed by atoms with E-state index in [1.165, 1.54) is 22.9 Å². The topological polar surface area (TPSA) is 85.2 Å². The number of rotatable bonds is 4. The molecule has 2 N–H and O–H groups in total.